The van der Waals surface area contributed by atoms with Crippen LogP contribution in [0.5, 0.6) is 5.75 Å². The Morgan fingerprint density at radius 1 is 1.12 bits per heavy atom. The highest BCUT2D eigenvalue weighted by Crippen LogP contribution is 2.33. The summed E-state index contributed by atoms with van der Waals surface area (Å²) in [6.45, 7) is 2.11. The van der Waals surface area contributed by atoms with E-state index in [0.717, 1.165) is 24.4 Å². The lowest BCUT2D eigenvalue weighted by atomic mass is 9.90. The van der Waals surface area contributed by atoms with E-state index < -0.39 is 0 Å². The first kappa shape index (κ1) is 17.4. The van der Waals surface area contributed by atoms with Crippen molar-refractivity contribution in [3.63, 3.8) is 0 Å². The average Bonchev–Trinajstić information content (AvgIpc) is 3.07. The van der Waals surface area contributed by atoms with Crippen LogP contribution >= 0.6 is 0 Å². The van der Waals surface area contributed by atoms with E-state index >= 15 is 0 Å². The van der Waals surface area contributed by atoms with Crippen molar-refractivity contribution in [3.8, 4) is 5.75 Å². The number of pyridine rings is 1. The molecular formula is C20H24N2O3. The van der Waals surface area contributed by atoms with Crippen LogP contribution in [0.3, 0.4) is 0 Å². The van der Waals surface area contributed by atoms with Gasteiger partial charge in [0.05, 0.1) is 20.1 Å². The SMILES string of the molecule is COC[C@@H]1CN(C(=O)Cc2ccc(OC)cc2)C[C@H]1c1ccncc1. The van der Waals surface area contributed by atoms with Crippen LogP contribution in [0.15, 0.2) is 48.8 Å². The Bertz CT molecular complexity index is 688. The first-order valence-corrected chi connectivity index (χ1v) is 8.51. The molecule has 3 rings (SSSR count). The number of aromatic nitrogens is 1. The lowest BCUT2D eigenvalue weighted by Gasteiger charge is -2.17. The predicted octanol–water partition coefficient (Wildman–Crippen LogP) is 2.52. The largest absolute Gasteiger partial charge is 0.497 e. The highest BCUT2D eigenvalue weighted by Gasteiger charge is 2.35. The number of ether oxygens (including phenoxy) is 2. The molecule has 2 atom stereocenters. The summed E-state index contributed by atoms with van der Waals surface area (Å²) in [5.41, 5.74) is 2.22. The van der Waals surface area contributed by atoms with Gasteiger partial charge in [0.2, 0.25) is 5.91 Å². The number of nitrogens with zero attached hydrogens (tertiary/aromatic N) is 2. The van der Waals surface area contributed by atoms with E-state index in [0.29, 0.717) is 24.9 Å². The molecule has 1 amide bonds. The van der Waals surface area contributed by atoms with Crippen LogP contribution in [-0.4, -0.2) is 49.7 Å². The van der Waals surface area contributed by atoms with Gasteiger partial charge >= 0.3 is 0 Å². The van der Waals surface area contributed by atoms with Crippen molar-refractivity contribution < 1.29 is 14.3 Å². The van der Waals surface area contributed by atoms with Gasteiger partial charge in [-0.2, -0.15) is 0 Å². The van der Waals surface area contributed by atoms with Crippen molar-refractivity contribution in [2.24, 2.45) is 5.92 Å². The van der Waals surface area contributed by atoms with Gasteiger partial charge in [0.1, 0.15) is 5.75 Å². The lowest BCUT2D eigenvalue weighted by molar-refractivity contribution is -0.129. The minimum atomic E-state index is 0.155. The van der Waals surface area contributed by atoms with Gasteiger partial charge in [-0.25, -0.2) is 0 Å². The van der Waals surface area contributed by atoms with Gasteiger partial charge in [-0.05, 0) is 35.4 Å². The van der Waals surface area contributed by atoms with Crippen molar-refractivity contribution >= 4 is 5.91 Å². The first-order chi connectivity index (χ1) is 12.2. The molecule has 0 saturated carbocycles. The maximum Gasteiger partial charge on any atom is 0.227 e. The Morgan fingerprint density at radius 3 is 2.48 bits per heavy atom. The highest BCUT2D eigenvalue weighted by molar-refractivity contribution is 5.79. The fourth-order valence-electron chi connectivity index (χ4n) is 3.48. The van der Waals surface area contributed by atoms with Crippen LogP contribution < -0.4 is 4.74 Å². The van der Waals surface area contributed by atoms with Crippen LogP contribution in [-0.2, 0) is 16.0 Å². The Hall–Kier alpha value is -2.40. The van der Waals surface area contributed by atoms with Gasteiger partial charge in [-0.1, -0.05) is 12.1 Å². The van der Waals surface area contributed by atoms with Gasteiger partial charge in [0.15, 0.2) is 0 Å². The number of amides is 1. The number of likely N-dealkylation sites (tertiary alicyclic amines) is 1. The van der Waals surface area contributed by atoms with Crippen LogP contribution in [0.25, 0.3) is 0 Å². The summed E-state index contributed by atoms with van der Waals surface area (Å²) in [7, 11) is 3.35. The fraction of sp³-hybridized carbons (Fsp3) is 0.400. The molecule has 1 aromatic carbocycles. The molecule has 5 heteroatoms. The minimum Gasteiger partial charge on any atom is -0.497 e. The second-order valence-corrected chi connectivity index (χ2v) is 6.43. The molecule has 2 heterocycles. The van der Waals surface area contributed by atoms with Crippen LogP contribution in [0.4, 0.5) is 0 Å². The third-order valence-corrected chi connectivity index (χ3v) is 4.82. The first-order valence-electron chi connectivity index (χ1n) is 8.51. The van der Waals surface area contributed by atoms with E-state index in [4.69, 9.17) is 9.47 Å². The number of carbonyl (C=O) groups is 1. The molecule has 1 fully saturated rings. The number of hydrogen-bond acceptors (Lipinski definition) is 4. The molecule has 1 saturated heterocycles. The Labute approximate surface area is 148 Å². The van der Waals surface area contributed by atoms with Crippen LogP contribution in [0.2, 0.25) is 0 Å². The standard InChI is InChI=1S/C20H24N2O3/c1-24-14-17-12-22(13-19(17)16-7-9-21-10-8-16)20(23)11-15-3-5-18(25-2)6-4-15/h3-10,17,19H,11-14H2,1-2H3/t17-,19-/m0/s1. The number of methoxy groups -OCH3 is 2. The number of carbonyl (C=O) groups excluding carboxylic acids is 1. The van der Waals surface area contributed by atoms with Gasteiger partial charge in [-0.3, -0.25) is 9.78 Å². The summed E-state index contributed by atoms with van der Waals surface area (Å²) >= 11 is 0. The molecule has 1 aliphatic rings. The number of benzene rings is 1. The summed E-state index contributed by atoms with van der Waals surface area (Å²) in [6, 6.07) is 11.7. The summed E-state index contributed by atoms with van der Waals surface area (Å²) < 4.78 is 10.5. The van der Waals surface area contributed by atoms with E-state index in [1.54, 1.807) is 26.6 Å². The molecular weight excluding hydrogens is 316 g/mol. The topological polar surface area (TPSA) is 51.7 Å². The minimum absolute atomic E-state index is 0.155. The van der Waals surface area contributed by atoms with E-state index in [2.05, 4.69) is 4.98 Å². The summed E-state index contributed by atoms with van der Waals surface area (Å²) in [6.07, 6.45) is 4.02. The molecule has 0 N–H and O–H groups in total. The summed E-state index contributed by atoms with van der Waals surface area (Å²) in [5.74, 6) is 1.56. The van der Waals surface area contributed by atoms with Crippen molar-refractivity contribution in [1.82, 2.24) is 9.88 Å². The highest BCUT2D eigenvalue weighted by atomic mass is 16.5. The van der Waals surface area contributed by atoms with E-state index in [1.165, 1.54) is 5.56 Å². The van der Waals surface area contributed by atoms with Crippen molar-refractivity contribution in [1.29, 1.82) is 0 Å². The zero-order valence-electron chi connectivity index (χ0n) is 14.7. The molecule has 0 bridgehead atoms. The Balaban J connectivity index is 1.68. The monoisotopic (exact) mass is 340 g/mol. The molecule has 25 heavy (non-hydrogen) atoms. The van der Waals surface area contributed by atoms with Crippen molar-refractivity contribution in [2.75, 3.05) is 33.9 Å². The lowest BCUT2D eigenvalue weighted by Crippen LogP contribution is -2.30. The number of rotatable bonds is 6. The maximum atomic E-state index is 12.7. The molecule has 0 spiro atoms. The molecule has 0 unspecified atom stereocenters. The van der Waals surface area contributed by atoms with E-state index in [9.17, 15) is 4.79 Å². The maximum absolute atomic E-state index is 12.7. The van der Waals surface area contributed by atoms with Crippen LogP contribution in [0, 0.1) is 5.92 Å². The molecule has 1 aliphatic heterocycles. The normalized spacial score (nSPS) is 19.8. The molecule has 5 nitrogen and oxygen atoms in total. The molecule has 132 valence electrons. The quantitative estimate of drug-likeness (QED) is 0.811. The smallest absolute Gasteiger partial charge is 0.227 e. The fourth-order valence-corrected chi connectivity index (χ4v) is 3.48. The van der Waals surface area contributed by atoms with E-state index in [1.807, 2.05) is 41.3 Å². The molecule has 2 aromatic rings. The third kappa shape index (κ3) is 4.17. The molecule has 1 aromatic heterocycles. The van der Waals surface area contributed by atoms with Gasteiger partial charge in [0, 0.05) is 44.4 Å². The van der Waals surface area contributed by atoms with Gasteiger partial charge in [0.25, 0.3) is 0 Å². The van der Waals surface area contributed by atoms with Crippen LogP contribution in [0.1, 0.15) is 17.0 Å². The Kier molecular flexibility index (Phi) is 5.66. The average molecular weight is 340 g/mol. The van der Waals surface area contributed by atoms with Gasteiger partial charge < -0.3 is 14.4 Å². The van der Waals surface area contributed by atoms with Crippen molar-refractivity contribution in [2.45, 2.75) is 12.3 Å². The zero-order valence-corrected chi connectivity index (χ0v) is 14.7. The van der Waals surface area contributed by atoms with E-state index in [-0.39, 0.29) is 5.91 Å². The third-order valence-electron chi connectivity index (χ3n) is 4.82. The predicted molar refractivity (Wildman–Crippen MR) is 95.6 cm³/mol. The second-order valence-electron chi connectivity index (χ2n) is 6.43. The molecule has 0 radical (unpaired) electrons. The van der Waals surface area contributed by atoms with Gasteiger partial charge in [-0.15, -0.1) is 0 Å². The van der Waals surface area contributed by atoms with Crippen molar-refractivity contribution in [3.05, 3.63) is 59.9 Å². The number of hydrogen-bond donors (Lipinski definition) is 0. The zero-order chi connectivity index (χ0) is 17.6. The second kappa shape index (κ2) is 8.12. The Morgan fingerprint density at radius 2 is 1.84 bits per heavy atom. The summed E-state index contributed by atoms with van der Waals surface area (Å²) in [5, 5.41) is 0. The molecule has 0 aliphatic carbocycles. The summed E-state index contributed by atoms with van der Waals surface area (Å²) in [4.78, 5) is 18.8.